The predicted octanol–water partition coefficient (Wildman–Crippen LogP) is 4.37. The van der Waals surface area contributed by atoms with Crippen LogP contribution in [-0.4, -0.2) is 24.5 Å². The highest BCUT2D eigenvalue weighted by Crippen LogP contribution is 2.19. The van der Waals surface area contributed by atoms with Crippen molar-refractivity contribution in [1.82, 2.24) is 10.6 Å². The van der Waals surface area contributed by atoms with Gasteiger partial charge in [0.25, 0.3) is 5.91 Å². The van der Waals surface area contributed by atoms with Crippen molar-refractivity contribution >= 4 is 23.4 Å². The molecule has 0 heterocycles. The topological polar surface area (TPSA) is 67.4 Å². The van der Waals surface area contributed by atoms with Gasteiger partial charge in [-0.25, -0.2) is 0 Å². The van der Waals surface area contributed by atoms with Gasteiger partial charge in [-0.2, -0.15) is 0 Å². The first-order valence-corrected chi connectivity index (χ1v) is 9.79. The third kappa shape index (κ3) is 5.73. The summed E-state index contributed by atoms with van der Waals surface area (Å²) in [4.78, 5) is 25.6. The fourth-order valence-electron chi connectivity index (χ4n) is 2.83. The van der Waals surface area contributed by atoms with Crippen LogP contribution in [0.2, 0.25) is 5.02 Å². The molecule has 2 rings (SSSR count). The van der Waals surface area contributed by atoms with E-state index in [1.165, 1.54) is 0 Å². The number of para-hydroxylation sites is 1. The van der Waals surface area contributed by atoms with Crippen LogP contribution in [0.1, 0.15) is 49.7 Å². The molecule has 0 spiro atoms. The Balaban J connectivity index is 2.11. The van der Waals surface area contributed by atoms with Crippen molar-refractivity contribution in [3.8, 4) is 5.75 Å². The molecule has 5 nitrogen and oxygen atoms in total. The Hall–Kier alpha value is -2.53. The van der Waals surface area contributed by atoms with Gasteiger partial charge in [-0.1, -0.05) is 49.7 Å². The maximum absolute atomic E-state index is 12.8. The van der Waals surface area contributed by atoms with E-state index in [4.69, 9.17) is 16.3 Å². The van der Waals surface area contributed by atoms with Crippen molar-refractivity contribution in [3.05, 3.63) is 64.7 Å². The van der Waals surface area contributed by atoms with E-state index < -0.39 is 6.04 Å². The summed E-state index contributed by atoms with van der Waals surface area (Å²) in [5.74, 6) is -0.155. The lowest BCUT2D eigenvalue weighted by atomic mass is 10.0. The number of carbonyl (C=O) groups is 2. The summed E-state index contributed by atoms with van der Waals surface area (Å²) in [6.07, 6.45) is 0. The van der Waals surface area contributed by atoms with E-state index >= 15 is 0 Å². The molecule has 2 aromatic carbocycles. The molecule has 0 bridgehead atoms. The predicted molar refractivity (Wildman–Crippen MR) is 112 cm³/mol. The maximum atomic E-state index is 12.8. The van der Waals surface area contributed by atoms with Crippen LogP contribution >= 0.6 is 11.6 Å². The molecule has 0 saturated heterocycles. The zero-order valence-electron chi connectivity index (χ0n) is 16.7. The summed E-state index contributed by atoms with van der Waals surface area (Å²) in [6, 6.07) is 13.4. The van der Waals surface area contributed by atoms with Crippen LogP contribution in [0, 0.1) is 5.92 Å². The smallest absolute Gasteiger partial charge is 0.255 e. The first-order valence-electron chi connectivity index (χ1n) is 9.42. The lowest BCUT2D eigenvalue weighted by Gasteiger charge is -2.24. The third-order valence-corrected chi connectivity index (χ3v) is 4.65. The number of amides is 2. The van der Waals surface area contributed by atoms with E-state index in [1.807, 2.05) is 45.9 Å². The van der Waals surface area contributed by atoms with Crippen LogP contribution in [0.5, 0.6) is 5.75 Å². The number of carbonyl (C=O) groups excluding carboxylic acids is 2. The van der Waals surface area contributed by atoms with Crippen LogP contribution in [0.25, 0.3) is 0 Å². The normalized spacial score (nSPS) is 12.9. The fraction of sp³-hybridized carbons (Fsp3) is 0.364. The first-order chi connectivity index (χ1) is 13.3. The molecule has 2 aromatic rings. The Bertz CT molecular complexity index is 806. The van der Waals surface area contributed by atoms with E-state index in [9.17, 15) is 9.59 Å². The van der Waals surface area contributed by atoms with Crippen molar-refractivity contribution < 1.29 is 14.3 Å². The highest BCUT2D eigenvalue weighted by Gasteiger charge is 2.27. The molecule has 0 aromatic heterocycles. The van der Waals surface area contributed by atoms with Gasteiger partial charge in [0.15, 0.2) is 0 Å². The Kier molecular flexibility index (Phi) is 7.88. The number of hydrogen-bond donors (Lipinski definition) is 2. The summed E-state index contributed by atoms with van der Waals surface area (Å²) >= 11 is 5.92. The molecule has 2 N–H and O–H groups in total. The molecule has 0 saturated carbocycles. The van der Waals surface area contributed by atoms with Gasteiger partial charge in [0.2, 0.25) is 5.91 Å². The number of halogens is 1. The van der Waals surface area contributed by atoms with Crippen molar-refractivity contribution in [3.63, 3.8) is 0 Å². The quantitative estimate of drug-likeness (QED) is 0.688. The molecule has 0 aliphatic heterocycles. The molecule has 0 aliphatic rings. The minimum Gasteiger partial charge on any atom is -0.493 e. The van der Waals surface area contributed by atoms with Gasteiger partial charge in [0, 0.05) is 5.02 Å². The van der Waals surface area contributed by atoms with Crippen LogP contribution in [0.4, 0.5) is 0 Å². The summed E-state index contributed by atoms with van der Waals surface area (Å²) < 4.78 is 5.52. The van der Waals surface area contributed by atoms with Gasteiger partial charge in [-0.15, -0.1) is 0 Å². The number of ether oxygens (including phenoxy) is 1. The second-order valence-electron chi connectivity index (χ2n) is 6.91. The lowest BCUT2D eigenvalue weighted by Crippen LogP contribution is -2.50. The average Bonchev–Trinajstić information content (AvgIpc) is 2.66. The molecule has 0 aliphatic carbocycles. The van der Waals surface area contributed by atoms with Crippen LogP contribution in [-0.2, 0) is 4.79 Å². The molecule has 2 atom stereocenters. The maximum Gasteiger partial charge on any atom is 0.255 e. The molecule has 150 valence electrons. The van der Waals surface area contributed by atoms with Gasteiger partial charge < -0.3 is 15.4 Å². The van der Waals surface area contributed by atoms with E-state index in [0.29, 0.717) is 22.9 Å². The molecular formula is C22H27ClN2O3. The van der Waals surface area contributed by atoms with E-state index in [-0.39, 0.29) is 23.8 Å². The van der Waals surface area contributed by atoms with E-state index in [1.54, 1.807) is 30.3 Å². The van der Waals surface area contributed by atoms with E-state index in [0.717, 1.165) is 5.56 Å². The monoisotopic (exact) mass is 402 g/mol. The fourth-order valence-corrected chi connectivity index (χ4v) is 2.95. The Labute approximate surface area is 171 Å². The van der Waals surface area contributed by atoms with Gasteiger partial charge in [0.1, 0.15) is 11.8 Å². The largest absolute Gasteiger partial charge is 0.493 e. The van der Waals surface area contributed by atoms with E-state index in [2.05, 4.69) is 10.6 Å². The lowest BCUT2D eigenvalue weighted by molar-refractivity contribution is -0.124. The van der Waals surface area contributed by atoms with Gasteiger partial charge >= 0.3 is 0 Å². The van der Waals surface area contributed by atoms with Crippen LogP contribution in [0.15, 0.2) is 48.5 Å². The molecule has 0 fully saturated rings. The minimum absolute atomic E-state index is 0.0828. The summed E-state index contributed by atoms with van der Waals surface area (Å²) in [7, 11) is 0. The van der Waals surface area contributed by atoms with Gasteiger partial charge in [-0.3, -0.25) is 9.59 Å². The van der Waals surface area contributed by atoms with Crippen molar-refractivity contribution in [2.45, 2.75) is 39.8 Å². The Morgan fingerprint density at radius 2 is 1.64 bits per heavy atom. The van der Waals surface area contributed by atoms with Crippen molar-refractivity contribution in [2.24, 2.45) is 5.92 Å². The number of hydrogen-bond acceptors (Lipinski definition) is 3. The Morgan fingerprint density at radius 1 is 1.00 bits per heavy atom. The molecular weight excluding hydrogens is 376 g/mol. The standard InChI is InChI=1S/C22H27ClN2O3/c1-5-28-19-9-7-6-8-18(19)21(26)25-20(14(2)3)22(27)24-15(4)16-10-12-17(23)13-11-16/h6-15,20H,5H2,1-4H3,(H,24,27)(H,25,26)/t15-,20-/m0/s1. The minimum atomic E-state index is -0.670. The highest BCUT2D eigenvalue weighted by atomic mass is 35.5. The molecule has 2 amide bonds. The molecule has 28 heavy (non-hydrogen) atoms. The number of rotatable bonds is 8. The SMILES string of the molecule is CCOc1ccccc1C(=O)N[C@H](C(=O)N[C@@H](C)c1ccc(Cl)cc1)C(C)C. The number of nitrogens with one attached hydrogen (secondary N) is 2. The molecule has 0 radical (unpaired) electrons. The third-order valence-electron chi connectivity index (χ3n) is 4.40. The summed E-state index contributed by atoms with van der Waals surface area (Å²) in [5, 5.41) is 6.45. The average molecular weight is 403 g/mol. The Morgan fingerprint density at radius 3 is 2.25 bits per heavy atom. The zero-order valence-corrected chi connectivity index (χ0v) is 17.4. The van der Waals surface area contributed by atoms with Crippen molar-refractivity contribution in [2.75, 3.05) is 6.61 Å². The summed E-state index contributed by atoms with van der Waals surface area (Å²) in [6.45, 7) is 8.00. The van der Waals surface area contributed by atoms with Crippen LogP contribution < -0.4 is 15.4 Å². The second kappa shape index (κ2) is 10.1. The molecule has 0 unspecified atom stereocenters. The highest BCUT2D eigenvalue weighted by molar-refractivity contribution is 6.30. The number of benzene rings is 2. The van der Waals surface area contributed by atoms with Crippen LogP contribution in [0.3, 0.4) is 0 Å². The first kappa shape index (κ1) is 21.8. The zero-order chi connectivity index (χ0) is 20.7. The second-order valence-corrected chi connectivity index (χ2v) is 7.34. The van der Waals surface area contributed by atoms with Crippen molar-refractivity contribution in [1.29, 1.82) is 0 Å². The molecule has 6 heteroatoms. The summed E-state index contributed by atoms with van der Waals surface area (Å²) in [5.41, 5.74) is 1.35. The van der Waals surface area contributed by atoms with Gasteiger partial charge in [0.05, 0.1) is 18.2 Å². The van der Waals surface area contributed by atoms with Gasteiger partial charge in [-0.05, 0) is 49.6 Å².